The lowest BCUT2D eigenvalue weighted by molar-refractivity contribution is -0.113. The second-order valence-electron chi connectivity index (χ2n) is 5.40. The number of para-hydroxylation sites is 2. The molecule has 2 aromatic carbocycles. The third-order valence-electron chi connectivity index (χ3n) is 3.46. The first-order valence-corrected chi connectivity index (χ1v) is 8.85. The molecule has 146 valence electrons. The molecule has 0 saturated carbocycles. The van der Waals surface area contributed by atoms with E-state index in [9.17, 15) is 18.0 Å². The quantitative estimate of drug-likeness (QED) is 0.460. The summed E-state index contributed by atoms with van der Waals surface area (Å²) >= 11 is 0.983. The van der Waals surface area contributed by atoms with Crippen LogP contribution in [0.4, 0.5) is 18.9 Å². The number of aromatic nitrogens is 3. The summed E-state index contributed by atoms with van der Waals surface area (Å²) in [6.45, 7) is -3.01. The fourth-order valence-electron chi connectivity index (χ4n) is 2.28. The molecule has 0 aliphatic heterocycles. The maximum absolute atomic E-state index is 13.4. The number of amides is 1. The molecule has 3 aromatic rings. The van der Waals surface area contributed by atoms with Crippen molar-refractivity contribution in [1.29, 1.82) is 0 Å². The van der Waals surface area contributed by atoms with E-state index in [0.29, 0.717) is 5.56 Å². The lowest BCUT2D eigenvalue weighted by atomic mass is 10.2. The average molecular weight is 409 g/mol. The van der Waals surface area contributed by atoms with E-state index < -0.39 is 18.3 Å². The minimum atomic E-state index is -3.01. The summed E-state index contributed by atoms with van der Waals surface area (Å²) in [5.41, 5.74) is 0.549. The van der Waals surface area contributed by atoms with Crippen molar-refractivity contribution in [3.63, 3.8) is 0 Å². The van der Waals surface area contributed by atoms with Crippen LogP contribution in [0.25, 0.3) is 11.4 Å². The number of hydrogen-bond acceptors (Lipinski definition) is 6. The van der Waals surface area contributed by atoms with Crippen LogP contribution >= 0.6 is 11.8 Å². The van der Waals surface area contributed by atoms with Gasteiger partial charge in [0, 0.05) is 5.56 Å². The van der Waals surface area contributed by atoms with Gasteiger partial charge in [-0.1, -0.05) is 36.0 Å². The monoisotopic (exact) mass is 409 g/mol. The molecule has 0 spiro atoms. The van der Waals surface area contributed by atoms with E-state index >= 15 is 0 Å². The molecule has 3 rings (SSSR count). The molecule has 0 saturated heterocycles. The molecule has 0 unspecified atom stereocenters. The minimum absolute atomic E-state index is 0.110. The van der Waals surface area contributed by atoms with Gasteiger partial charge in [-0.3, -0.25) is 4.79 Å². The first-order chi connectivity index (χ1) is 13.4. The molecule has 1 aromatic heterocycles. The lowest BCUT2D eigenvalue weighted by Gasteiger charge is -2.11. The van der Waals surface area contributed by atoms with E-state index in [4.69, 9.17) is 5.84 Å². The summed E-state index contributed by atoms with van der Waals surface area (Å²) in [5, 5.41) is 10.5. The molecule has 28 heavy (non-hydrogen) atoms. The molecular weight excluding hydrogens is 395 g/mol. The number of nitrogens with zero attached hydrogens (tertiary/aromatic N) is 3. The fraction of sp³-hybridized carbons (Fsp3) is 0.118. The molecule has 7 nitrogen and oxygen atoms in total. The number of carbonyl (C=O) groups excluding carboxylic acids is 1. The van der Waals surface area contributed by atoms with Crippen molar-refractivity contribution in [1.82, 2.24) is 14.9 Å². The van der Waals surface area contributed by atoms with E-state index in [1.54, 1.807) is 12.1 Å². The second-order valence-corrected chi connectivity index (χ2v) is 6.34. The Labute approximate surface area is 161 Å². The van der Waals surface area contributed by atoms with E-state index in [1.165, 1.54) is 36.4 Å². The van der Waals surface area contributed by atoms with Gasteiger partial charge in [0.15, 0.2) is 5.82 Å². The molecule has 0 aliphatic rings. The number of carbonyl (C=O) groups is 1. The third-order valence-corrected chi connectivity index (χ3v) is 4.40. The molecule has 11 heteroatoms. The van der Waals surface area contributed by atoms with Crippen LogP contribution in [0.2, 0.25) is 0 Å². The van der Waals surface area contributed by atoms with Crippen LogP contribution in [0.15, 0.2) is 53.7 Å². The highest BCUT2D eigenvalue weighted by Crippen LogP contribution is 2.26. The van der Waals surface area contributed by atoms with Gasteiger partial charge < -0.3 is 15.9 Å². The first kappa shape index (κ1) is 19.5. The van der Waals surface area contributed by atoms with Gasteiger partial charge >= 0.3 is 6.61 Å². The Morgan fingerprint density at radius 2 is 2.00 bits per heavy atom. The Morgan fingerprint density at radius 3 is 2.75 bits per heavy atom. The van der Waals surface area contributed by atoms with Crippen molar-refractivity contribution in [3.05, 3.63) is 54.3 Å². The molecule has 0 fully saturated rings. The number of benzene rings is 2. The SMILES string of the molecule is Nn1c(SCC(=O)Nc2ccccc2OC(F)F)nnc1-c1cccc(F)c1. The largest absolute Gasteiger partial charge is 0.433 e. The molecule has 0 aliphatic carbocycles. The lowest BCUT2D eigenvalue weighted by Crippen LogP contribution is -2.17. The van der Waals surface area contributed by atoms with Gasteiger partial charge in [-0.25, -0.2) is 9.07 Å². The van der Waals surface area contributed by atoms with Gasteiger partial charge in [-0.05, 0) is 24.3 Å². The van der Waals surface area contributed by atoms with Crippen LogP contribution in [0.1, 0.15) is 0 Å². The van der Waals surface area contributed by atoms with Gasteiger partial charge in [0.2, 0.25) is 11.1 Å². The summed E-state index contributed by atoms with van der Waals surface area (Å²) in [6.07, 6.45) is 0. The highest BCUT2D eigenvalue weighted by molar-refractivity contribution is 7.99. The molecule has 0 radical (unpaired) electrons. The van der Waals surface area contributed by atoms with Crippen LogP contribution in [-0.4, -0.2) is 33.1 Å². The first-order valence-electron chi connectivity index (χ1n) is 7.87. The van der Waals surface area contributed by atoms with Crippen LogP contribution in [-0.2, 0) is 4.79 Å². The molecule has 1 heterocycles. The average Bonchev–Trinajstić information content (AvgIpc) is 3.02. The number of nitrogens with one attached hydrogen (secondary N) is 1. The van der Waals surface area contributed by atoms with Gasteiger partial charge in [0.05, 0.1) is 11.4 Å². The smallest absolute Gasteiger partial charge is 0.387 e. The van der Waals surface area contributed by atoms with E-state index in [0.717, 1.165) is 16.4 Å². The maximum atomic E-state index is 13.4. The number of thioether (sulfide) groups is 1. The van der Waals surface area contributed by atoms with E-state index in [2.05, 4.69) is 20.3 Å². The zero-order valence-electron chi connectivity index (χ0n) is 14.2. The summed E-state index contributed by atoms with van der Waals surface area (Å²) in [4.78, 5) is 12.1. The van der Waals surface area contributed by atoms with Crippen LogP contribution in [0.5, 0.6) is 5.75 Å². The number of hydrogen-bond donors (Lipinski definition) is 2. The highest BCUT2D eigenvalue weighted by Gasteiger charge is 2.16. The molecule has 0 atom stereocenters. The number of nitrogens with two attached hydrogens (primary N) is 1. The van der Waals surface area contributed by atoms with E-state index in [1.807, 2.05) is 0 Å². The summed E-state index contributed by atoms with van der Waals surface area (Å²) in [5.74, 6) is 4.97. The molecule has 0 bridgehead atoms. The Kier molecular flexibility index (Phi) is 6.04. The van der Waals surface area contributed by atoms with Crippen molar-refractivity contribution >= 4 is 23.4 Å². The molecule has 3 N–H and O–H groups in total. The Morgan fingerprint density at radius 1 is 1.21 bits per heavy atom. The number of ether oxygens (including phenoxy) is 1. The number of anilines is 1. The zero-order valence-corrected chi connectivity index (χ0v) is 15.0. The normalized spacial score (nSPS) is 10.9. The van der Waals surface area contributed by atoms with Crippen molar-refractivity contribution in [3.8, 4) is 17.1 Å². The Balaban J connectivity index is 1.65. The number of nitrogen functional groups attached to an aromatic ring is 1. The maximum Gasteiger partial charge on any atom is 0.387 e. The predicted octanol–water partition coefficient (Wildman–Crippen LogP) is 3.13. The Hall–Kier alpha value is -3.21. The summed E-state index contributed by atoms with van der Waals surface area (Å²) < 4.78 is 43.7. The number of alkyl halides is 2. The van der Waals surface area contributed by atoms with Crippen molar-refractivity contribution < 1.29 is 22.7 Å². The van der Waals surface area contributed by atoms with Gasteiger partial charge in [-0.15, -0.1) is 10.2 Å². The van der Waals surface area contributed by atoms with Crippen LogP contribution in [0, 0.1) is 5.82 Å². The fourth-order valence-corrected chi connectivity index (χ4v) is 2.94. The minimum Gasteiger partial charge on any atom is -0.433 e. The zero-order chi connectivity index (χ0) is 20.1. The van der Waals surface area contributed by atoms with Crippen molar-refractivity contribution in [2.45, 2.75) is 11.8 Å². The van der Waals surface area contributed by atoms with E-state index in [-0.39, 0.29) is 28.2 Å². The summed E-state index contributed by atoms with van der Waals surface area (Å²) in [7, 11) is 0. The van der Waals surface area contributed by atoms with Crippen LogP contribution in [0.3, 0.4) is 0 Å². The predicted molar refractivity (Wildman–Crippen MR) is 98.0 cm³/mol. The second kappa shape index (κ2) is 8.65. The van der Waals surface area contributed by atoms with Crippen molar-refractivity contribution in [2.75, 3.05) is 16.9 Å². The standard InChI is InChI=1S/C17H14F3N5O2S/c18-11-5-3-4-10(8-11)15-23-24-17(25(15)21)28-9-14(26)22-12-6-1-2-7-13(12)27-16(19)20/h1-8,16H,9,21H2,(H,22,26). The van der Waals surface area contributed by atoms with Gasteiger partial charge in [-0.2, -0.15) is 8.78 Å². The number of halogens is 3. The highest BCUT2D eigenvalue weighted by atomic mass is 32.2. The summed E-state index contributed by atoms with van der Waals surface area (Å²) in [6, 6.07) is 11.5. The topological polar surface area (TPSA) is 95.1 Å². The molecular formula is C17H14F3N5O2S. The third kappa shape index (κ3) is 4.74. The van der Waals surface area contributed by atoms with Gasteiger partial charge in [0.25, 0.3) is 0 Å². The number of rotatable bonds is 7. The molecule has 1 amide bonds. The van der Waals surface area contributed by atoms with Gasteiger partial charge in [0.1, 0.15) is 11.6 Å². The Bertz CT molecular complexity index is 983. The van der Waals surface area contributed by atoms with Crippen molar-refractivity contribution in [2.24, 2.45) is 0 Å². The van der Waals surface area contributed by atoms with Crippen LogP contribution < -0.4 is 15.9 Å².